The molecule has 0 aliphatic heterocycles. The monoisotopic (exact) mass is 257 g/mol. The van der Waals surface area contributed by atoms with E-state index in [4.69, 9.17) is 17.3 Å². The van der Waals surface area contributed by atoms with Crippen molar-refractivity contribution in [3.8, 4) is 0 Å². The van der Waals surface area contributed by atoms with Gasteiger partial charge in [0, 0.05) is 10.9 Å². The summed E-state index contributed by atoms with van der Waals surface area (Å²) in [5, 5.41) is 0. The van der Waals surface area contributed by atoms with Gasteiger partial charge in [-0.1, -0.05) is 31.4 Å². The summed E-state index contributed by atoms with van der Waals surface area (Å²) in [6.45, 7) is 2.35. The van der Waals surface area contributed by atoms with Crippen molar-refractivity contribution in [1.82, 2.24) is 0 Å². The van der Waals surface area contributed by atoms with Crippen LogP contribution in [0.2, 0.25) is 4.34 Å². The summed E-state index contributed by atoms with van der Waals surface area (Å²) >= 11 is 7.59. The van der Waals surface area contributed by atoms with Crippen LogP contribution in [-0.4, -0.2) is 6.04 Å². The molecule has 90 valence electrons. The molecule has 1 aliphatic rings. The Bertz CT molecular complexity index is 328. The first-order chi connectivity index (χ1) is 7.65. The highest BCUT2D eigenvalue weighted by Crippen LogP contribution is 2.32. The van der Waals surface area contributed by atoms with Crippen molar-refractivity contribution < 1.29 is 0 Å². The Balaban J connectivity index is 1.85. The lowest BCUT2D eigenvalue weighted by Crippen LogP contribution is -2.34. The summed E-state index contributed by atoms with van der Waals surface area (Å²) in [5.41, 5.74) is 6.30. The molecular weight excluding hydrogens is 238 g/mol. The molecule has 1 nitrogen and oxygen atoms in total. The molecule has 0 bridgehead atoms. The lowest BCUT2D eigenvalue weighted by molar-refractivity contribution is 0.254. The average molecular weight is 258 g/mol. The van der Waals surface area contributed by atoms with Crippen LogP contribution in [0.1, 0.15) is 37.5 Å². The summed E-state index contributed by atoms with van der Waals surface area (Å²) in [7, 11) is 0. The summed E-state index contributed by atoms with van der Waals surface area (Å²) in [5.74, 6) is 1.62. The Morgan fingerprint density at radius 3 is 2.62 bits per heavy atom. The highest BCUT2D eigenvalue weighted by atomic mass is 35.5. The normalized spacial score (nSPS) is 27.9. The number of thiophene rings is 1. The maximum atomic E-state index is 6.30. The SMILES string of the molecule is CC1CCC(C(N)Cc2ccc(Cl)s2)CC1. The molecule has 0 aromatic carbocycles. The molecule has 1 saturated carbocycles. The van der Waals surface area contributed by atoms with Crippen molar-refractivity contribution in [3.63, 3.8) is 0 Å². The molecule has 16 heavy (non-hydrogen) atoms. The molecule has 2 rings (SSSR count). The van der Waals surface area contributed by atoms with E-state index in [2.05, 4.69) is 13.0 Å². The van der Waals surface area contributed by atoms with E-state index in [-0.39, 0.29) is 0 Å². The van der Waals surface area contributed by atoms with E-state index in [0.717, 1.165) is 22.6 Å². The van der Waals surface area contributed by atoms with Crippen LogP contribution in [0.25, 0.3) is 0 Å². The molecule has 1 atom stereocenters. The average Bonchev–Trinajstić information content (AvgIpc) is 2.65. The van der Waals surface area contributed by atoms with Crippen LogP contribution in [0.3, 0.4) is 0 Å². The van der Waals surface area contributed by atoms with Crippen molar-refractivity contribution in [2.75, 3.05) is 0 Å². The zero-order chi connectivity index (χ0) is 11.5. The van der Waals surface area contributed by atoms with Gasteiger partial charge in [0.25, 0.3) is 0 Å². The molecule has 0 radical (unpaired) electrons. The van der Waals surface area contributed by atoms with Crippen LogP contribution < -0.4 is 5.73 Å². The summed E-state index contributed by atoms with van der Waals surface area (Å²) in [6.07, 6.45) is 6.31. The van der Waals surface area contributed by atoms with E-state index in [1.165, 1.54) is 30.6 Å². The van der Waals surface area contributed by atoms with Crippen molar-refractivity contribution in [3.05, 3.63) is 21.3 Å². The van der Waals surface area contributed by atoms with E-state index in [9.17, 15) is 0 Å². The highest BCUT2D eigenvalue weighted by molar-refractivity contribution is 7.16. The van der Waals surface area contributed by atoms with Crippen LogP contribution in [0, 0.1) is 11.8 Å². The minimum atomic E-state index is 0.321. The van der Waals surface area contributed by atoms with Crippen molar-refractivity contribution >= 4 is 22.9 Å². The molecular formula is C13H20ClNS. The van der Waals surface area contributed by atoms with Gasteiger partial charge < -0.3 is 5.73 Å². The molecule has 1 aromatic heterocycles. The van der Waals surface area contributed by atoms with Gasteiger partial charge in [-0.05, 0) is 43.2 Å². The largest absolute Gasteiger partial charge is 0.327 e. The van der Waals surface area contributed by atoms with E-state index in [0.29, 0.717) is 6.04 Å². The Kier molecular flexibility index (Phi) is 4.28. The smallest absolute Gasteiger partial charge is 0.0931 e. The Morgan fingerprint density at radius 1 is 1.38 bits per heavy atom. The molecule has 2 N–H and O–H groups in total. The van der Waals surface area contributed by atoms with Crippen LogP contribution in [0.4, 0.5) is 0 Å². The summed E-state index contributed by atoms with van der Waals surface area (Å²) in [6, 6.07) is 4.40. The van der Waals surface area contributed by atoms with Gasteiger partial charge in [-0.25, -0.2) is 0 Å². The van der Waals surface area contributed by atoms with Crippen LogP contribution >= 0.6 is 22.9 Å². The molecule has 1 fully saturated rings. The first kappa shape index (κ1) is 12.4. The standard InChI is InChI=1S/C13H20ClNS/c1-9-2-4-10(5-3-9)12(15)8-11-6-7-13(14)16-11/h6-7,9-10,12H,2-5,8,15H2,1H3. The fourth-order valence-electron chi connectivity index (χ4n) is 2.57. The predicted molar refractivity (Wildman–Crippen MR) is 72.1 cm³/mol. The Hall–Kier alpha value is -0.0500. The van der Waals surface area contributed by atoms with E-state index < -0.39 is 0 Å². The van der Waals surface area contributed by atoms with Crippen molar-refractivity contribution in [2.45, 2.75) is 45.1 Å². The van der Waals surface area contributed by atoms with Crippen LogP contribution in [-0.2, 0) is 6.42 Å². The highest BCUT2D eigenvalue weighted by Gasteiger charge is 2.23. The molecule has 1 heterocycles. The van der Waals surface area contributed by atoms with E-state index >= 15 is 0 Å². The number of hydrogen-bond donors (Lipinski definition) is 1. The third-order valence-electron chi connectivity index (χ3n) is 3.73. The Morgan fingerprint density at radius 2 is 2.06 bits per heavy atom. The summed E-state index contributed by atoms with van der Waals surface area (Å²) in [4.78, 5) is 1.33. The van der Waals surface area contributed by atoms with Gasteiger partial charge in [-0.15, -0.1) is 11.3 Å². The second-order valence-corrected chi connectivity index (χ2v) is 6.89. The first-order valence-electron chi connectivity index (χ1n) is 6.15. The number of halogens is 1. The van der Waals surface area contributed by atoms with Gasteiger partial charge in [0.15, 0.2) is 0 Å². The third-order valence-corrected chi connectivity index (χ3v) is 4.99. The molecule has 0 spiro atoms. The molecule has 0 saturated heterocycles. The maximum Gasteiger partial charge on any atom is 0.0931 e. The van der Waals surface area contributed by atoms with E-state index in [1.54, 1.807) is 11.3 Å². The van der Waals surface area contributed by atoms with Gasteiger partial charge in [0.1, 0.15) is 0 Å². The minimum absolute atomic E-state index is 0.321. The zero-order valence-electron chi connectivity index (χ0n) is 9.79. The molecule has 1 unspecified atom stereocenters. The van der Waals surface area contributed by atoms with Gasteiger partial charge in [-0.3, -0.25) is 0 Å². The molecule has 1 aliphatic carbocycles. The number of hydrogen-bond acceptors (Lipinski definition) is 2. The van der Waals surface area contributed by atoms with E-state index in [1.807, 2.05) is 6.07 Å². The predicted octanol–water partition coefficient (Wildman–Crippen LogP) is 4.10. The number of rotatable bonds is 3. The maximum absolute atomic E-state index is 6.30. The van der Waals surface area contributed by atoms with Gasteiger partial charge >= 0.3 is 0 Å². The van der Waals surface area contributed by atoms with Crippen LogP contribution in [0.15, 0.2) is 12.1 Å². The lowest BCUT2D eigenvalue weighted by Gasteiger charge is -2.30. The van der Waals surface area contributed by atoms with Crippen molar-refractivity contribution in [2.24, 2.45) is 17.6 Å². The molecule has 0 amide bonds. The third kappa shape index (κ3) is 3.22. The lowest BCUT2D eigenvalue weighted by atomic mass is 9.78. The zero-order valence-corrected chi connectivity index (χ0v) is 11.4. The fourth-order valence-corrected chi connectivity index (χ4v) is 3.73. The first-order valence-corrected chi connectivity index (χ1v) is 7.34. The van der Waals surface area contributed by atoms with Crippen molar-refractivity contribution in [1.29, 1.82) is 0 Å². The second-order valence-electron chi connectivity index (χ2n) is 5.09. The summed E-state index contributed by atoms with van der Waals surface area (Å²) < 4.78 is 0.875. The van der Waals surface area contributed by atoms with Crippen LogP contribution in [0.5, 0.6) is 0 Å². The second kappa shape index (κ2) is 5.52. The van der Waals surface area contributed by atoms with Gasteiger partial charge in [0.2, 0.25) is 0 Å². The molecule has 1 aromatic rings. The van der Waals surface area contributed by atoms with Gasteiger partial charge in [-0.2, -0.15) is 0 Å². The fraction of sp³-hybridized carbons (Fsp3) is 0.692. The van der Waals surface area contributed by atoms with Gasteiger partial charge in [0.05, 0.1) is 4.34 Å². The number of nitrogens with two attached hydrogens (primary N) is 1. The minimum Gasteiger partial charge on any atom is -0.327 e. The molecule has 3 heteroatoms. The topological polar surface area (TPSA) is 26.0 Å². The quantitative estimate of drug-likeness (QED) is 0.867. The Labute approximate surface area is 107 Å².